The highest BCUT2D eigenvalue weighted by atomic mass is 32.2. The van der Waals surface area contributed by atoms with Crippen LogP contribution >= 0.6 is 46.4 Å². The Bertz CT molecular complexity index is 1210. The second kappa shape index (κ2) is 10.9. The first kappa shape index (κ1) is 25.3. The molecule has 2 aliphatic rings. The van der Waals surface area contributed by atoms with Crippen molar-refractivity contribution in [2.45, 2.75) is 35.5 Å². The normalized spacial score (nSPS) is 19.9. The lowest BCUT2D eigenvalue weighted by Gasteiger charge is -2.49. The van der Waals surface area contributed by atoms with Gasteiger partial charge in [-0.25, -0.2) is 4.79 Å². The van der Waals surface area contributed by atoms with Crippen LogP contribution in [-0.4, -0.2) is 83.1 Å². The van der Waals surface area contributed by atoms with Gasteiger partial charge in [0.2, 0.25) is 11.5 Å². The number of carboxylic acids is 1. The summed E-state index contributed by atoms with van der Waals surface area (Å²) in [5.74, 6) is -1.74. The predicted molar refractivity (Wildman–Crippen MR) is 132 cm³/mol. The number of nitrogen functional groups attached to an aromatic ring is 1. The molecular weight excluding hydrogens is 537 g/mol. The first-order valence-corrected chi connectivity index (χ1v) is 13.8. The van der Waals surface area contributed by atoms with Crippen LogP contribution in [0.15, 0.2) is 20.8 Å². The van der Waals surface area contributed by atoms with Gasteiger partial charge in [-0.15, -0.1) is 22.0 Å². The summed E-state index contributed by atoms with van der Waals surface area (Å²) in [6.07, 6.45) is 1.81. The molecule has 4 heterocycles. The number of thioether (sulfide) groups is 2. The van der Waals surface area contributed by atoms with Gasteiger partial charge >= 0.3 is 5.97 Å². The number of rotatable bonds is 10. The summed E-state index contributed by atoms with van der Waals surface area (Å²) in [5.41, 5.74) is 5.89. The minimum absolute atomic E-state index is 0.0315. The molecule has 2 aliphatic heterocycles. The van der Waals surface area contributed by atoms with Crippen molar-refractivity contribution in [3.63, 3.8) is 0 Å². The summed E-state index contributed by atoms with van der Waals surface area (Å²) < 4.78 is 4.70. The van der Waals surface area contributed by atoms with Crippen LogP contribution in [0.3, 0.4) is 0 Å². The zero-order valence-corrected chi connectivity index (χ0v) is 21.7. The van der Waals surface area contributed by atoms with Gasteiger partial charge in [-0.3, -0.25) is 14.5 Å². The molecule has 0 radical (unpaired) electrons. The molecular formula is C18H20N8O5S4. The lowest BCUT2D eigenvalue weighted by atomic mass is 10.0. The summed E-state index contributed by atoms with van der Waals surface area (Å²) in [6, 6.07) is -0.936. The minimum atomic E-state index is -1.20. The lowest BCUT2D eigenvalue weighted by Crippen LogP contribution is -2.71. The molecule has 4 N–H and O–H groups in total. The molecule has 0 spiro atoms. The zero-order valence-electron chi connectivity index (χ0n) is 18.5. The summed E-state index contributed by atoms with van der Waals surface area (Å²) in [7, 11) is 1.26. The van der Waals surface area contributed by atoms with Crippen LogP contribution in [-0.2, 0) is 25.6 Å². The van der Waals surface area contributed by atoms with Crippen LogP contribution in [0.5, 0.6) is 0 Å². The van der Waals surface area contributed by atoms with Crippen LogP contribution in [0.25, 0.3) is 0 Å². The quantitative estimate of drug-likeness (QED) is 0.162. The number of β-lactam (4-membered cyclic amide) rings is 1. The van der Waals surface area contributed by atoms with E-state index in [9.17, 15) is 19.5 Å². The highest BCUT2D eigenvalue weighted by molar-refractivity contribution is 8.01. The van der Waals surface area contributed by atoms with Gasteiger partial charge in [0, 0.05) is 29.5 Å². The summed E-state index contributed by atoms with van der Waals surface area (Å²) in [5, 5.41) is 24.9. The highest BCUT2D eigenvalue weighted by Gasteiger charge is 2.54. The zero-order chi connectivity index (χ0) is 25.1. The van der Waals surface area contributed by atoms with Gasteiger partial charge in [-0.05, 0) is 12.0 Å². The van der Waals surface area contributed by atoms with Gasteiger partial charge in [0.05, 0.1) is 0 Å². The molecule has 2 aromatic heterocycles. The Morgan fingerprint density at radius 2 is 2.20 bits per heavy atom. The van der Waals surface area contributed by atoms with Crippen LogP contribution in [0.2, 0.25) is 0 Å². The molecule has 35 heavy (non-hydrogen) atoms. The maximum atomic E-state index is 12.9. The van der Waals surface area contributed by atoms with Crippen molar-refractivity contribution in [2.75, 3.05) is 24.3 Å². The first-order chi connectivity index (χ1) is 16.8. The number of aryl methyl sites for hydroxylation is 1. The maximum absolute atomic E-state index is 12.9. The number of aromatic nitrogens is 4. The third-order valence-electron chi connectivity index (χ3n) is 4.87. The second-order valence-corrected chi connectivity index (χ2v) is 11.4. The molecule has 186 valence electrons. The fourth-order valence-electron chi connectivity index (χ4n) is 3.37. The molecule has 0 bridgehead atoms. The van der Waals surface area contributed by atoms with E-state index in [-0.39, 0.29) is 22.4 Å². The Morgan fingerprint density at radius 1 is 1.40 bits per heavy atom. The van der Waals surface area contributed by atoms with E-state index in [4.69, 9.17) is 10.6 Å². The predicted octanol–water partition coefficient (Wildman–Crippen LogP) is 0.806. The monoisotopic (exact) mass is 556 g/mol. The van der Waals surface area contributed by atoms with E-state index in [0.29, 0.717) is 17.1 Å². The Morgan fingerprint density at radius 3 is 2.86 bits per heavy atom. The van der Waals surface area contributed by atoms with Crippen molar-refractivity contribution in [2.24, 2.45) is 5.16 Å². The molecule has 1 saturated heterocycles. The molecule has 0 saturated carbocycles. The number of hydrogen-bond acceptors (Lipinski definition) is 14. The summed E-state index contributed by atoms with van der Waals surface area (Å²) >= 11 is 5.13. The van der Waals surface area contributed by atoms with Crippen molar-refractivity contribution in [1.82, 2.24) is 29.8 Å². The van der Waals surface area contributed by atoms with Crippen molar-refractivity contribution >= 4 is 75.0 Å². The second-order valence-electron chi connectivity index (χ2n) is 7.20. The number of aliphatic carboxylic acids is 1. The van der Waals surface area contributed by atoms with Crippen LogP contribution in [0.4, 0.5) is 5.13 Å². The average Bonchev–Trinajstić information content (AvgIpc) is 3.47. The van der Waals surface area contributed by atoms with Crippen LogP contribution in [0.1, 0.15) is 24.2 Å². The SMILES string of the molecule is CCCc1nnc(SCC2=C(C(=O)O)N3C(=O)C(NC(=O)C(=NOC)c4nsc(N)n4)[C@H]3SC2)s1. The number of nitrogens with zero attached hydrogens (tertiary/aromatic N) is 6. The van der Waals surface area contributed by atoms with E-state index >= 15 is 0 Å². The number of carbonyl (C=O) groups excluding carboxylic acids is 2. The summed E-state index contributed by atoms with van der Waals surface area (Å²) in [6.45, 7) is 2.06. The lowest BCUT2D eigenvalue weighted by molar-refractivity contribution is -0.150. The van der Waals surface area contributed by atoms with Crippen LogP contribution in [0, 0.1) is 0 Å². The van der Waals surface area contributed by atoms with E-state index in [1.807, 2.05) is 0 Å². The number of fused-ring (bicyclic) bond motifs is 1. The third kappa shape index (κ3) is 5.26. The number of nitrogens with two attached hydrogens (primary N) is 1. The van der Waals surface area contributed by atoms with E-state index in [0.717, 1.165) is 33.7 Å². The van der Waals surface area contributed by atoms with Crippen LogP contribution < -0.4 is 11.1 Å². The Hall–Kier alpha value is -2.76. The fraction of sp³-hybridized carbons (Fsp3) is 0.444. The summed E-state index contributed by atoms with van der Waals surface area (Å²) in [4.78, 5) is 47.6. The first-order valence-electron chi connectivity index (χ1n) is 10.2. The van der Waals surface area contributed by atoms with Gasteiger partial charge < -0.3 is 21.0 Å². The number of amides is 2. The van der Waals surface area contributed by atoms with E-state index < -0.39 is 29.2 Å². The number of anilines is 1. The van der Waals surface area contributed by atoms with E-state index in [1.165, 1.54) is 46.9 Å². The van der Waals surface area contributed by atoms with Gasteiger partial charge in [0.25, 0.3) is 11.8 Å². The molecule has 17 heteroatoms. The topological polar surface area (TPSA) is 186 Å². The Kier molecular flexibility index (Phi) is 7.88. The van der Waals surface area contributed by atoms with Gasteiger partial charge in [-0.2, -0.15) is 9.36 Å². The van der Waals surface area contributed by atoms with Gasteiger partial charge in [0.15, 0.2) is 9.47 Å². The number of carbonyl (C=O) groups is 3. The van der Waals surface area contributed by atoms with Crippen molar-refractivity contribution < 1.29 is 24.3 Å². The third-order valence-corrected chi connectivity index (χ3v) is 8.95. The van der Waals surface area contributed by atoms with Crippen molar-refractivity contribution in [3.8, 4) is 0 Å². The fourth-order valence-corrected chi connectivity index (χ4v) is 7.29. The van der Waals surface area contributed by atoms with Gasteiger partial charge in [-0.1, -0.05) is 35.2 Å². The maximum Gasteiger partial charge on any atom is 0.352 e. The average molecular weight is 557 g/mol. The molecule has 13 nitrogen and oxygen atoms in total. The number of carboxylic acid groups (broad SMARTS) is 1. The highest BCUT2D eigenvalue weighted by Crippen LogP contribution is 2.41. The molecule has 1 unspecified atom stereocenters. The largest absolute Gasteiger partial charge is 0.477 e. The minimum Gasteiger partial charge on any atom is -0.477 e. The molecule has 4 rings (SSSR count). The number of hydrogen-bond donors (Lipinski definition) is 3. The van der Waals surface area contributed by atoms with Gasteiger partial charge in [0.1, 0.15) is 29.2 Å². The molecule has 0 aromatic carbocycles. The number of oxime groups is 1. The molecule has 0 aliphatic carbocycles. The standard InChI is InChI=1S/C18H20N8O5S4/c1-3-4-8-22-23-18(34-8)33-6-7-5-32-15-10(14(28)26(15)11(7)16(29)30)20-13(27)9(24-31-2)12-21-17(19)35-25-12/h10,15H,3-6H2,1-2H3,(H,20,27)(H,29,30)(H2,19,21,25)/t10?,15-/m1/s1. The molecule has 2 atom stereocenters. The smallest absolute Gasteiger partial charge is 0.352 e. The van der Waals surface area contributed by atoms with Crippen molar-refractivity contribution in [1.29, 1.82) is 0 Å². The molecule has 2 amide bonds. The Labute approximate surface area is 215 Å². The van der Waals surface area contributed by atoms with Crippen molar-refractivity contribution in [3.05, 3.63) is 22.1 Å². The number of nitrogens with one attached hydrogen (secondary N) is 1. The van der Waals surface area contributed by atoms with E-state index in [1.54, 1.807) is 0 Å². The molecule has 1 fully saturated rings. The van der Waals surface area contributed by atoms with E-state index in [2.05, 4.69) is 37.0 Å². The Balaban J connectivity index is 1.46. The molecule has 2 aromatic rings.